The highest BCUT2D eigenvalue weighted by Crippen LogP contribution is 2.18. The van der Waals surface area contributed by atoms with E-state index in [1.54, 1.807) is 12.2 Å². The Morgan fingerprint density at radius 3 is 1.82 bits per heavy atom. The molecule has 4 heteroatoms. The number of carbonyl (C=O) groups is 2. The van der Waals surface area contributed by atoms with Crippen molar-refractivity contribution in [3.63, 3.8) is 0 Å². The summed E-state index contributed by atoms with van der Waals surface area (Å²) in [6.07, 6.45) is 5.78. The van der Waals surface area contributed by atoms with E-state index in [1.165, 1.54) is 12.2 Å². The molecule has 0 unspecified atom stereocenters. The van der Waals surface area contributed by atoms with Gasteiger partial charge in [0.2, 0.25) is 11.8 Å². The molecule has 0 fully saturated rings. The number of hydrogen-bond acceptors (Lipinski definition) is 2. The maximum absolute atomic E-state index is 10.7. The molecule has 0 heterocycles. The van der Waals surface area contributed by atoms with Gasteiger partial charge in [0, 0.05) is 5.92 Å². The van der Waals surface area contributed by atoms with Crippen LogP contribution in [0.2, 0.25) is 0 Å². The summed E-state index contributed by atoms with van der Waals surface area (Å²) >= 11 is 0. The van der Waals surface area contributed by atoms with Crippen LogP contribution in [0.25, 0.3) is 0 Å². The Morgan fingerprint density at radius 1 is 0.941 bits per heavy atom. The molecule has 0 saturated carbocycles. The van der Waals surface area contributed by atoms with Gasteiger partial charge in [-0.2, -0.15) is 0 Å². The van der Waals surface area contributed by atoms with Gasteiger partial charge >= 0.3 is 0 Å². The summed E-state index contributed by atoms with van der Waals surface area (Å²) in [5.41, 5.74) is 11.0. The summed E-state index contributed by atoms with van der Waals surface area (Å²) in [5.74, 6) is -1.26. The van der Waals surface area contributed by atoms with Gasteiger partial charge in [-0.1, -0.05) is 42.5 Å². The molecule has 0 spiro atoms. The summed E-state index contributed by atoms with van der Waals surface area (Å²) in [6.45, 7) is 0. The van der Waals surface area contributed by atoms with E-state index >= 15 is 0 Å². The monoisotopic (exact) mass is 230 g/mol. The lowest BCUT2D eigenvalue weighted by atomic mass is 9.98. The Hall–Kier alpha value is -2.36. The summed E-state index contributed by atoms with van der Waals surface area (Å²) in [4.78, 5) is 21.4. The highest BCUT2D eigenvalue weighted by molar-refractivity contribution is 5.87. The highest BCUT2D eigenvalue weighted by Gasteiger charge is 2.04. The summed E-state index contributed by atoms with van der Waals surface area (Å²) in [5, 5.41) is 0. The molecular weight excluding hydrogens is 216 g/mol. The van der Waals surface area contributed by atoms with Crippen LogP contribution in [0.1, 0.15) is 11.5 Å². The Balaban J connectivity index is 2.94. The maximum Gasteiger partial charge on any atom is 0.241 e. The maximum atomic E-state index is 10.7. The van der Waals surface area contributed by atoms with E-state index in [2.05, 4.69) is 0 Å². The molecule has 0 bridgehead atoms. The molecule has 0 saturated heterocycles. The zero-order valence-corrected chi connectivity index (χ0v) is 9.24. The van der Waals surface area contributed by atoms with E-state index < -0.39 is 11.8 Å². The Morgan fingerprint density at radius 2 is 1.41 bits per heavy atom. The number of allylic oxidation sites excluding steroid dienone is 2. The van der Waals surface area contributed by atoms with E-state index in [0.29, 0.717) is 0 Å². The van der Waals surface area contributed by atoms with Crippen LogP contribution >= 0.6 is 0 Å². The van der Waals surface area contributed by atoms with E-state index in [4.69, 9.17) is 11.5 Å². The molecule has 0 atom stereocenters. The minimum Gasteiger partial charge on any atom is -0.366 e. The van der Waals surface area contributed by atoms with Crippen molar-refractivity contribution in [2.75, 3.05) is 0 Å². The molecule has 0 aromatic heterocycles. The van der Waals surface area contributed by atoms with Crippen LogP contribution < -0.4 is 11.5 Å². The van der Waals surface area contributed by atoms with Crippen LogP contribution in [-0.4, -0.2) is 11.8 Å². The van der Waals surface area contributed by atoms with E-state index in [1.807, 2.05) is 30.3 Å². The summed E-state index contributed by atoms with van der Waals surface area (Å²) in [7, 11) is 0. The fourth-order valence-corrected chi connectivity index (χ4v) is 1.36. The van der Waals surface area contributed by atoms with Gasteiger partial charge in [-0.05, 0) is 17.7 Å². The van der Waals surface area contributed by atoms with Crippen molar-refractivity contribution < 1.29 is 9.59 Å². The summed E-state index contributed by atoms with van der Waals surface area (Å²) in [6, 6.07) is 9.41. The van der Waals surface area contributed by atoms with Crippen LogP contribution in [0.3, 0.4) is 0 Å². The first-order valence-corrected chi connectivity index (χ1v) is 5.10. The molecule has 0 radical (unpaired) electrons. The Labute approximate surface area is 99.6 Å². The molecule has 2 amide bonds. The second-order valence-electron chi connectivity index (χ2n) is 3.46. The van der Waals surface area contributed by atoms with Crippen LogP contribution in [0, 0.1) is 0 Å². The Bertz CT molecular complexity index is 426. The van der Waals surface area contributed by atoms with Crippen molar-refractivity contribution in [1.29, 1.82) is 0 Å². The molecule has 0 aliphatic carbocycles. The average Bonchev–Trinajstić information content (AvgIpc) is 2.29. The van der Waals surface area contributed by atoms with Gasteiger partial charge in [-0.15, -0.1) is 0 Å². The zero-order chi connectivity index (χ0) is 12.7. The van der Waals surface area contributed by atoms with Gasteiger partial charge in [0.15, 0.2) is 0 Å². The number of benzene rings is 1. The molecule has 17 heavy (non-hydrogen) atoms. The second kappa shape index (κ2) is 6.27. The van der Waals surface area contributed by atoms with Gasteiger partial charge in [0.05, 0.1) is 0 Å². The third-order valence-corrected chi connectivity index (χ3v) is 2.12. The molecular formula is C13H14N2O2. The Kier molecular flexibility index (Phi) is 4.69. The minimum absolute atomic E-state index is 0.198. The van der Waals surface area contributed by atoms with Gasteiger partial charge in [-0.25, -0.2) is 0 Å². The molecule has 0 aliphatic rings. The lowest BCUT2D eigenvalue weighted by Gasteiger charge is -2.07. The van der Waals surface area contributed by atoms with E-state index in [-0.39, 0.29) is 5.92 Å². The number of carbonyl (C=O) groups excluding carboxylic acids is 2. The first-order chi connectivity index (χ1) is 8.09. The second-order valence-corrected chi connectivity index (χ2v) is 3.46. The highest BCUT2D eigenvalue weighted by atomic mass is 16.1. The molecule has 0 aliphatic heterocycles. The largest absolute Gasteiger partial charge is 0.366 e. The first kappa shape index (κ1) is 12.7. The lowest BCUT2D eigenvalue weighted by molar-refractivity contribution is -0.114. The van der Waals surface area contributed by atoms with Gasteiger partial charge in [-0.3, -0.25) is 9.59 Å². The number of primary amides is 2. The van der Waals surface area contributed by atoms with Gasteiger partial charge in [0.1, 0.15) is 0 Å². The molecule has 1 rings (SSSR count). The molecule has 4 nitrogen and oxygen atoms in total. The van der Waals surface area contributed by atoms with Crippen molar-refractivity contribution in [2.45, 2.75) is 5.92 Å². The standard InChI is InChI=1S/C13H14N2O2/c14-12(16)8-6-11(7-9-13(15)17)10-4-2-1-3-5-10/h1-9,11H,(H2,14,16)(H2,15,17). The quantitative estimate of drug-likeness (QED) is 0.735. The minimum atomic E-state index is -0.529. The van der Waals surface area contributed by atoms with Crippen molar-refractivity contribution in [3.05, 3.63) is 60.2 Å². The first-order valence-electron chi connectivity index (χ1n) is 5.10. The topological polar surface area (TPSA) is 86.2 Å². The smallest absolute Gasteiger partial charge is 0.241 e. The van der Waals surface area contributed by atoms with Crippen molar-refractivity contribution >= 4 is 11.8 Å². The van der Waals surface area contributed by atoms with Crippen LogP contribution in [0.4, 0.5) is 0 Å². The predicted molar refractivity (Wildman–Crippen MR) is 65.9 cm³/mol. The van der Waals surface area contributed by atoms with Gasteiger partial charge in [0.25, 0.3) is 0 Å². The van der Waals surface area contributed by atoms with E-state index in [0.717, 1.165) is 5.56 Å². The van der Waals surface area contributed by atoms with E-state index in [9.17, 15) is 9.59 Å². The SMILES string of the molecule is NC(=O)C=CC(C=CC(N)=O)c1ccccc1. The molecule has 4 N–H and O–H groups in total. The van der Waals surface area contributed by atoms with Crippen LogP contribution in [0.5, 0.6) is 0 Å². The third kappa shape index (κ3) is 4.79. The number of nitrogens with two attached hydrogens (primary N) is 2. The van der Waals surface area contributed by atoms with Crippen LogP contribution in [-0.2, 0) is 9.59 Å². The van der Waals surface area contributed by atoms with Crippen molar-refractivity contribution in [2.24, 2.45) is 11.5 Å². The fourth-order valence-electron chi connectivity index (χ4n) is 1.36. The van der Waals surface area contributed by atoms with Gasteiger partial charge < -0.3 is 11.5 Å². The van der Waals surface area contributed by atoms with Crippen molar-refractivity contribution in [3.8, 4) is 0 Å². The fraction of sp³-hybridized carbons (Fsp3) is 0.0769. The zero-order valence-electron chi connectivity index (χ0n) is 9.24. The molecule has 1 aromatic rings. The number of amides is 2. The predicted octanol–water partition coefficient (Wildman–Crippen LogP) is 0.853. The number of rotatable bonds is 5. The summed E-state index contributed by atoms with van der Waals surface area (Å²) < 4.78 is 0. The molecule has 1 aromatic carbocycles. The normalized spacial score (nSPS) is 12.9. The lowest BCUT2D eigenvalue weighted by Crippen LogP contribution is -2.08. The number of hydrogen-bond donors (Lipinski definition) is 2. The van der Waals surface area contributed by atoms with Crippen LogP contribution in [0.15, 0.2) is 54.6 Å². The average molecular weight is 230 g/mol. The van der Waals surface area contributed by atoms with Crippen molar-refractivity contribution in [1.82, 2.24) is 0 Å². The third-order valence-electron chi connectivity index (χ3n) is 2.12. The molecule has 88 valence electrons.